The second-order valence-electron chi connectivity index (χ2n) is 4.85. The minimum absolute atomic E-state index is 0.789. The van der Waals surface area contributed by atoms with Crippen LogP contribution in [0.5, 0.6) is 0 Å². The Bertz CT molecular complexity index is 201. The Balaban J connectivity index is 2.09. The topological polar surface area (TPSA) is 12.0 Å². The molecule has 2 heteroatoms. The zero-order valence-corrected chi connectivity index (χ0v) is 11.2. The van der Waals surface area contributed by atoms with Gasteiger partial charge in [0.25, 0.3) is 0 Å². The largest absolute Gasteiger partial charge is 0.316 e. The molecule has 1 nitrogen and oxygen atoms in total. The van der Waals surface area contributed by atoms with Crippen molar-refractivity contribution in [3.8, 4) is 0 Å². The van der Waals surface area contributed by atoms with Crippen LogP contribution in [-0.4, -0.2) is 25.1 Å². The molecule has 0 spiro atoms. The third-order valence-corrected chi connectivity index (χ3v) is 3.72. The summed E-state index contributed by atoms with van der Waals surface area (Å²) in [6.45, 7) is 7.01. The zero-order valence-electron chi connectivity index (χ0n) is 10.4. The van der Waals surface area contributed by atoms with E-state index in [9.17, 15) is 0 Å². The van der Waals surface area contributed by atoms with Gasteiger partial charge in [-0.25, -0.2) is 0 Å². The van der Waals surface area contributed by atoms with E-state index in [2.05, 4.69) is 31.5 Å². The average Bonchev–Trinajstić information content (AvgIpc) is 2.16. The summed E-state index contributed by atoms with van der Waals surface area (Å²) in [4.78, 5) is 0. The van der Waals surface area contributed by atoms with Crippen molar-refractivity contribution in [2.24, 2.45) is 11.8 Å². The Kier molecular flexibility index (Phi) is 6.42. The first-order chi connectivity index (χ1) is 7.22. The molecule has 0 bridgehead atoms. The van der Waals surface area contributed by atoms with Crippen molar-refractivity contribution in [1.82, 2.24) is 5.32 Å². The van der Waals surface area contributed by atoms with E-state index >= 15 is 0 Å². The van der Waals surface area contributed by atoms with Gasteiger partial charge < -0.3 is 5.32 Å². The van der Waals surface area contributed by atoms with E-state index in [0.29, 0.717) is 0 Å². The number of rotatable bonds is 6. The normalized spacial score (nSPS) is 26.5. The minimum atomic E-state index is 0.789. The summed E-state index contributed by atoms with van der Waals surface area (Å²) in [7, 11) is 0. The van der Waals surface area contributed by atoms with Crippen molar-refractivity contribution in [2.75, 3.05) is 25.1 Å². The van der Waals surface area contributed by atoms with E-state index in [1.54, 1.807) is 5.57 Å². The van der Waals surface area contributed by atoms with Crippen LogP contribution < -0.4 is 5.32 Å². The summed E-state index contributed by atoms with van der Waals surface area (Å²) in [6.07, 6.45) is 8.59. The SMILES string of the molecule is CSCCCNCC1CC(C)=CC(C)C1. The molecule has 0 saturated carbocycles. The van der Waals surface area contributed by atoms with Gasteiger partial charge in [0.15, 0.2) is 0 Å². The van der Waals surface area contributed by atoms with Crippen LogP contribution in [0.1, 0.15) is 33.1 Å². The lowest BCUT2D eigenvalue weighted by Gasteiger charge is -2.25. The predicted molar refractivity (Wildman–Crippen MR) is 71.5 cm³/mol. The first-order valence-corrected chi connectivity index (χ1v) is 7.48. The maximum absolute atomic E-state index is 3.59. The van der Waals surface area contributed by atoms with Gasteiger partial charge in [-0.3, -0.25) is 0 Å². The molecule has 0 aliphatic heterocycles. The highest BCUT2D eigenvalue weighted by Gasteiger charge is 2.17. The highest BCUT2D eigenvalue weighted by Crippen LogP contribution is 2.27. The highest BCUT2D eigenvalue weighted by molar-refractivity contribution is 7.98. The molecule has 1 N–H and O–H groups in total. The quantitative estimate of drug-likeness (QED) is 0.552. The molecule has 2 unspecified atom stereocenters. The van der Waals surface area contributed by atoms with Crippen molar-refractivity contribution in [3.05, 3.63) is 11.6 Å². The molecule has 0 aromatic rings. The second-order valence-corrected chi connectivity index (χ2v) is 5.83. The van der Waals surface area contributed by atoms with Gasteiger partial charge in [-0.2, -0.15) is 11.8 Å². The molecule has 0 aromatic heterocycles. The Morgan fingerprint density at radius 2 is 2.33 bits per heavy atom. The molecule has 2 atom stereocenters. The van der Waals surface area contributed by atoms with Crippen LogP contribution in [-0.2, 0) is 0 Å². The van der Waals surface area contributed by atoms with Crippen LogP contribution in [0.4, 0.5) is 0 Å². The molecule has 15 heavy (non-hydrogen) atoms. The van der Waals surface area contributed by atoms with Gasteiger partial charge in [-0.1, -0.05) is 18.6 Å². The first kappa shape index (κ1) is 13.1. The van der Waals surface area contributed by atoms with Gasteiger partial charge in [-0.15, -0.1) is 0 Å². The van der Waals surface area contributed by atoms with E-state index in [1.807, 2.05) is 11.8 Å². The van der Waals surface area contributed by atoms with Crippen molar-refractivity contribution < 1.29 is 0 Å². The molecular weight excluding hydrogens is 202 g/mol. The molecule has 0 aromatic carbocycles. The van der Waals surface area contributed by atoms with Gasteiger partial charge in [0, 0.05) is 0 Å². The van der Waals surface area contributed by atoms with Crippen LogP contribution >= 0.6 is 11.8 Å². The molecule has 0 heterocycles. The molecule has 1 rings (SSSR count). The number of thioether (sulfide) groups is 1. The van der Waals surface area contributed by atoms with E-state index in [1.165, 1.54) is 38.1 Å². The monoisotopic (exact) mass is 227 g/mol. The van der Waals surface area contributed by atoms with Gasteiger partial charge in [-0.05, 0) is 63.1 Å². The Morgan fingerprint density at radius 3 is 3.00 bits per heavy atom. The lowest BCUT2D eigenvalue weighted by atomic mass is 9.84. The third kappa shape index (κ3) is 5.62. The Morgan fingerprint density at radius 1 is 1.53 bits per heavy atom. The van der Waals surface area contributed by atoms with E-state index in [-0.39, 0.29) is 0 Å². The van der Waals surface area contributed by atoms with Crippen molar-refractivity contribution in [3.63, 3.8) is 0 Å². The standard InChI is InChI=1S/C13H25NS/c1-11-7-12(2)9-13(8-11)10-14-5-4-6-15-3/h7,11,13-14H,4-6,8-10H2,1-3H3. The predicted octanol–water partition coefficient (Wildman–Crippen LogP) is 3.32. The first-order valence-electron chi connectivity index (χ1n) is 6.09. The van der Waals surface area contributed by atoms with Gasteiger partial charge in [0.05, 0.1) is 0 Å². The van der Waals surface area contributed by atoms with Gasteiger partial charge >= 0.3 is 0 Å². The Labute approximate surface area is 99.1 Å². The molecule has 0 radical (unpaired) electrons. The maximum Gasteiger partial charge on any atom is -0.00172 e. The molecule has 1 aliphatic rings. The second kappa shape index (κ2) is 7.34. The summed E-state index contributed by atoms with van der Waals surface area (Å²) < 4.78 is 0. The fraction of sp³-hybridized carbons (Fsp3) is 0.846. The van der Waals surface area contributed by atoms with E-state index in [4.69, 9.17) is 0 Å². The van der Waals surface area contributed by atoms with Crippen LogP contribution in [0.25, 0.3) is 0 Å². The molecule has 0 fully saturated rings. The van der Waals surface area contributed by atoms with E-state index < -0.39 is 0 Å². The summed E-state index contributed by atoms with van der Waals surface area (Å²) in [6, 6.07) is 0. The summed E-state index contributed by atoms with van der Waals surface area (Å²) in [5, 5.41) is 3.59. The van der Waals surface area contributed by atoms with Crippen LogP contribution in [0, 0.1) is 11.8 Å². The fourth-order valence-corrected chi connectivity index (χ4v) is 2.92. The maximum atomic E-state index is 3.59. The number of hydrogen-bond donors (Lipinski definition) is 1. The van der Waals surface area contributed by atoms with Crippen molar-refractivity contribution >= 4 is 11.8 Å². The number of allylic oxidation sites excluding steroid dienone is 2. The number of nitrogens with one attached hydrogen (secondary N) is 1. The van der Waals surface area contributed by atoms with Crippen LogP contribution in [0.3, 0.4) is 0 Å². The molecule has 0 saturated heterocycles. The van der Waals surface area contributed by atoms with E-state index in [0.717, 1.165) is 11.8 Å². The molecule has 88 valence electrons. The van der Waals surface area contributed by atoms with Crippen LogP contribution in [0.2, 0.25) is 0 Å². The summed E-state index contributed by atoms with van der Waals surface area (Å²) >= 11 is 1.94. The highest BCUT2D eigenvalue weighted by atomic mass is 32.2. The Hall–Kier alpha value is 0.0500. The fourth-order valence-electron chi connectivity index (χ4n) is 2.49. The lowest BCUT2D eigenvalue weighted by molar-refractivity contribution is 0.382. The van der Waals surface area contributed by atoms with Gasteiger partial charge in [0.2, 0.25) is 0 Å². The molecular formula is C13H25NS. The zero-order chi connectivity index (χ0) is 11.1. The van der Waals surface area contributed by atoms with Crippen LogP contribution in [0.15, 0.2) is 11.6 Å². The van der Waals surface area contributed by atoms with Gasteiger partial charge in [0.1, 0.15) is 0 Å². The molecule has 1 aliphatic carbocycles. The number of hydrogen-bond acceptors (Lipinski definition) is 2. The molecule has 0 amide bonds. The smallest absolute Gasteiger partial charge is 0.00172 e. The summed E-state index contributed by atoms with van der Waals surface area (Å²) in [5.74, 6) is 2.95. The minimum Gasteiger partial charge on any atom is -0.316 e. The lowest BCUT2D eigenvalue weighted by Crippen LogP contribution is -2.27. The average molecular weight is 227 g/mol. The van der Waals surface area contributed by atoms with Crippen molar-refractivity contribution in [2.45, 2.75) is 33.1 Å². The van der Waals surface area contributed by atoms with Crippen molar-refractivity contribution in [1.29, 1.82) is 0 Å². The third-order valence-electron chi connectivity index (χ3n) is 3.02. The summed E-state index contributed by atoms with van der Waals surface area (Å²) in [5.41, 5.74) is 1.59.